The summed E-state index contributed by atoms with van der Waals surface area (Å²) in [5, 5.41) is 3.53. The number of hydrogen-bond acceptors (Lipinski definition) is 5. The third kappa shape index (κ3) is 6.39. The molecule has 5 nitrogen and oxygen atoms in total. The van der Waals surface area contributed by atoms with Crippen LogP contribution in [0.25, 0.3) is 0 Å². The minimum absolute atomic E-state index is 0.0123. The fraction of sp³-hybridized carbons (Fsp3) is 0.0800. The van der Waals surface area contributed by atoms with Crippen LogP contribution in [0.3, 0.4) is 0 Å². The minimum atomic E-state index is -0.585. The number of aromatic nitrogens is 2. The Morgan fingerprint density at radius 1 is 0.875 bits per heavy atom. The molecule has 7 heteroatoms. The van der Waals surface area contributed by atoms with Gasteiger partial charge in [0.15, 0.2) is 16.8 Å². The van der Waals surface area contributed by atoms with E-state index in [9.17, 15) is 4.39 Å². The number of aliphatic imine (C=N–C) groups is 1. The Labute approximate surface area is 190 Å². The van der Waals surface area contributed by atoms with Gasteiger partial charge in [-0.05, 0) is 23.3 Å². The van der Waals surface area contributed by atoms with Gasteiger partial charge >= 0.3 is 6.01 Å². The molecule has 0 amide bonds. The number of amidine groups is 1. The largest absolute Gasteiger partial charge is 0.459 e. The van der Waals surface area contributed by atoms with Gasteiger partial charge in [0.2, 0.25) is 0 Å². The van der Waals surface area contributed by atoms with Gasteiger partial charge in [-0.2, -0.15) is 4.98 Å². The number of ether oxygens (including phenoxy) is 1. The van der Waals surface area contributed by atoms with E-state index in [0.717, 1.165) is 23.0 Å². The highest BCUT2D eigenvalue weighted by Crippen LogP contribution is 2.22. The number of rotatable bonds is 7. The van der Waals surface area contributed by atoms with E-state index >= 15 is 0 Å². The molecule has 0 bridgehead atoms. The smallest absolute Gasteiger partial charge is 0.318 e. The van der Waals surface area contributed by atoms with E-state index in [1.54, 1.807) is 0 Å². The van der Waals surface area contributed by atoms with Crippen LogP contribution in [0.5, 0.6) is 6.01 Å². The van der Waals surface area contributed by atoms with Crippen molar-refractivity contribution in [3.05, 3.63) is 114 Å². The Hall–Kier alpha value is -3.71. The van der Waals surface area contributed by atoms with E-state index in [4.69, 9.17) is 4.74 Å². The molecule has 0 unspecified atom stereocenters. The van der Waals surface area contributed by atoms with Crippen molar-refractivity contribution in [2.24, 2.45) is 4.99 Å². The molecule has 4 rings (SSSR count). The maximum atomic E-state index is 14.5. The number of para-hydroxylation sites is 1. The Balaban J connectivity index is 1.52. The topological polar surface area (TPSA) is 59.4 Å². The number of benzene rings is 3. The second-order valence-electron chi connectivity index (χ2n) is 6.78. The maximum Gasteiger partial charge on any atom is 0.318 e. The van der Waals surface area contributed by atoms with Crippen molar-refractivity contribution < 1.29 is 9.13 Å². The maximum absolute atomic E-state index is 14.5. The van der Waals surface area contributed by atoms with E-state index in [-0.39, 0.29) is 11.8 Å². The summed E-state index contributed by atoms with van der Waals surface area (Å²) < 4.78 is 20.1. The van der Waals surface area contributed by atoms with Crippen LogP contribution < -0.4 is 10.1 Å². The zero-order valence-corrected chi connectivity index (χ0v) is 18.0. The van der Waals surface area contributed by atoms with Gasteiger partial charge in [0.1, 0.15) is 6.61 Å². The van der Waals surface area contributed by atoms with Crippen LogP contribution in [0.2, 0.25) is 0 Å². The first-order valence-electron chi connectivity index (χ1n) is 10.0. The lowest BCUT2D eigenvalue weighted by atomic mass is 10.2. The SMILES string of the molecule is Fc1cnc(OCc2ccccc2)nc1N/C(=N\c1ccccc1)SCc1ccccc1. The summed E-state index contributed by atoms with van der Waals surface area (Å²) in [4.78, 5) is 12.8. The molecular weight excluding hydrogens is 423 g/mol. The van der Waals surface area contributed by atoms with Gasteiger partial charge in [0, 0.05) is 5.75 Å². The van der Waals surface area contributed by atoms with Crippen molar-refractivity contribution in [3.63, 3.8) is 0 Å². The third-order valence-electron chi connectivity index (χ3n) is 4.36. The lowest BCUT2D eigenvalue weighted by Gasteiger charge is -2.11. The van der Waals surface area contributed by atoms with E-state index in [2.05, 4.69) is 20.3 Å². The molecule has 0 saturated carbocycles. The van der Waals surface area contributed by atoms with Gasteiger partial charge in [-0.25, -0.2) is 14.4 Å². The molecule has 1 aromatic heterocycles. The summed E-state index contributed by atoms with van der Waals surface area (Å²) in [6, 6.07) is 29.2. The standard InChI is InChI=1S/C25H21FN4OS/c26-22-16-27-24(31-17-19-10-4-1-5-11-19)29-23(22)30-25(28-21-14-8-3-9-15-21)32-18-20-12-6-2-7-13-20/h1-16H,17-18H2,(H,27,28,29,30). The van der Waals surface area contributed by atoms with Crippen LogP contribution in [0.15, 0.2) is 102 Å². The first-order chi connectivity index (χ1) is 15.8. The molecular formula is C25H21FN4OS. The summed E-state index contributed by atoms with van der Waals surface area (Å²) in [6.45, 7) is 0.291. The molecule has 0 radical (unpaired) electrons. The highest BCUT2D eigenvalue weighted by Gasteiger charge is 2.12. The van der Waals surface area contributed by atoms with Crippen LogP contribution >= 0.6 is 11.8 Å². The Morgan fingerprint density at radius 3 is 2.19 bits per heavy atom. The van der Waals surface area contributed by atoms with E-state index < -0.39 is 5.82 Å². The first kappa shape index (κ1) is 21.5. The molecule has 0 aliphatic carbocycles. The molecule has 0 aliphatic heterocycles. The minimum Gasteiger partial charge on any atom is -0.459 e. The molecule has 0 spiro atoms. The normalized spacial score (nSPS) is 11.2. The van der Waals surface area contributed by atoms with Crippen molar-refractivity contribution in [2.75, 3.05) is 5.32 Å². The molecule has 0 saturated heterocycles. The second-order valence-corrected chi connectivity index (χ2v) is 7.74. The predicted molar refractivity (Wildman–Crippen MR) is 128 cm³/mol. The van der Waals surface area contributed by atoms with Crippen LogP contribution in [0.1, 0.15) is 11.1 Å². The van der Waals surface area contributed by atoms with Crippen molar-refractivity contribution in [3.8, 4) is 6.01 Å². The highest BCUT2D eigenvalue weighted by molar-refractivity contribution is 8.13. The molecule has 1 N–H and O–H groups in total. The van der Waals surface area contributed by atoms with Crippen molar-refractivity contribution in [1.82, 2.24) is 9.97 Å². The van der Waals surface area contributed by atoms with Crippen LogP contribution in [0, 0.1) is 5.82 Å². The van der Waals surface area contributed by atoms with Crippen LogP contribution in [-0.4, -0.2) is 15.1 Å². The number of nitrogens with one attached hydrogen (secondary N) is 1. The molecule has 3 aromatic carbocycles. The lowest BCUT2D eigenvalue weighted by molar-refractivity contribution is 0.280. The Morgan fingerprint density at radius 2 is 1.50 bits per heavy atom. The monoisotopic (exact) mass is 444 g/mol. The van der Waals surface area contributed by atoms with Gasteiger partial charge in [-0.1, -0.05) is 90.6 Å². The third-order valence-corrected chi connectivity index (χ3v) is 5.31. The quantitative estimate of drug-likeness (QED) is 0.271. The van der Waals surface area contributed by atoms with Crippen molar-refractivity contribution in [1.29, 1.82) is 0 Å². The molecule has 32 heavy (non-hydrogen) atoms. The fourth-order valence-electron chi connectivity index (χ4n) is 2.77. The molecule has 4 aromatic rings. The Bertz CT molecular complexity index is 1160. The predicted octanol–water partition coefficient (Wildman–Crippen LogP) is 6.23. The van der Waals surface area contributed by atoms with Gasteiger partial charge < -0.3 is 10.1 Å². The average Bonchev–Trinajstić information content (AvgIpc) is 2.85. The summed E-state index contributed by atoms with van der Waals surface area (Å²) >= 11 is 1.46. The summed E-state index contributed by atoms with van der Waals surface area (Å²) in [6.07, 6.45) is 1.09. The zero-order valence-electron chi connectivity index (χ0n) is 17.2. The average molecular weight is 445 g/mol. The number of anilines is 1. The zero-order chi connectivity index (χ0) is 22.0. The molecule has 0 aliphatic rings. The number of nitrogens with zero attached hydrogens (tertiary/aromatic N) is 3. The van der Waals surface area contributed by atoms with Crippen molar-refractivity contribution in [2.45, 2.75) is 12.4 Å². The van der Waals surface area contributed by atoms with Crippen molar-refractivity contribution >= 4 is 28.4 Å². The second kappa shape index (κ2) is 11.1. The van der Waals surface area contributed by atoms with Gasteiger partial charge in [0.05, 0.1) is 11.9 Å². The van der Waals surface area contributed by atoms with Crippen LogP contribution in [0.4, 0.5) is 15.9 Å². The summed E-state index contributed by atoms with van der Waals surface area (Å²) in [7, 11) is 0. The summed E-state index contributed by atoms with van der Waals surface area (Å²) in [5.74, 6) is 0.0975. The molecule has 160 valence electrons. The van der Waals surface area contributed by atoms with E-state index in [0.29, 0.717) is 17.5 Å². The van der Waals surface area contributed by atoms with E-state index in [1.807, 2.05) is 91.0 Å². The molecule has 0 fully saturated rings. The number of halogens is 1. The van der Waals surface area contributed by atoms with Crippen LogP contribution in [-0.2, 0) is 12.4 Å². The number of hydrogen-bond donors (Lipinski definition) is 1. The van der Waals surface area contributed by atoms with Gasteiger partial charge in [-0.15, -0.1) is 0 Å². The Kier molecular flexibility index (Phi) is 7.44. The number of thioether (sulfide) groups is 1. The van der Waals surface area contributed by atoms with Gasteiger partial charge in [0.25, 0.3) is 0 Å². The first-order valence-corrected chi connectivity index (χ1v) is 11.0. The lowest BCUT2D eigenvalue weighted by Crippen LogP contribution is -2.12. The van der Waals surface area contributed by atoms with Gasteiger partial charge in [-0.3, -0.25) is 0 Å². The summed E-state index contributed by atoms with van der Waals surface area (Å²) in [5.41, 5.74) is 2.86. The van der Waals surface area contributed by atoms with E-state index in [1.165, 1.54) is 11.8 Å². The fourth-order valence-corrected chi connectivity index (χ4v) is 3.61. The molecule has 1 heterocycles. The molecule has 0 atom stereocenters. The highest BCUT2D eigenvalue weighted by atomic mass is 32.2.